The Morgan fingerprint density at radius 1 is 1.16 bits per heavy atom. The van der Waals surface area contributed by atoms with Crippen LogP contribution in [0.3, 0.4) is 0 Å². The van der Waals surface area contributed by atoms with E-state index in [1.54, 1.807) is 39.3 Å². The molecular weight excluding hydrogens is 344 g/mol. The Balaban J connectivity index is 2.23. The van der Waals surface area contributed by atoms with Crippen molar-refractivity contribution in [3.63, 3.8) is 0 Å². The maximum Gasteiger partial charge on any atom is 0.319 e. The minimum atomic E-state index is -0.409. The Morgan fingerprint density at radius 2 is 1.80 bits per heavy atom. The fraction of sp³-hybridized carbons (Fsp3) is 0.471. The standard InChI is InChI=1S/C17H22N2O5S/c1-6-23-16(20)14(10(2)3)25-17-19-18-15(24-17)11-7-12(21-4)9-13(8-11)22-5/h7-10,14H,6H2,1-5H3. The average molecular weight is 366 g/mol. The predicted molar refractivity (Wildman–Crippen MR) is 94.0 cm³/mol. The highest BCUT2D eigenvalue weighted by Crippen LogP contribution is 2.33. The van der Waals surface area contributed by atoms with Gasteiger partial charge in [0.1, 0.15) is 16.7 Å². The molecule has 0 saturated carbocycles. The van der Waals surface area contributed by atoms with Crippen molar-refractivity contribution in [2.75, 3.05) is 20.8 Å². The number of carbonyl (C=O) groups excluding carboxylic acids is 1. The molecule has 1 aromatic carbocycles. The van der Waals surface area contributed by atoms with E-state index in [4.69, 9.17) is 18.6 Å². The molecule has 0 aliphatic carbocycles. The number of rotatable bonds is 8. The zero-order valence-electron chi connectivity index (χ0n) is 14.9. The van der Waals surface area contributed by atoms with E-state index in [-0.39, 0.29) is 11.9 Å². The number of hydrogen-bond donors (Lipinski definition) is 0. The predicted octanol–water partition coefficient (Wildman–Crippen LogP) is 3.43. The van der Waals surface area contributed by atoms with E-state index in [0.717, 1.165) is 0 Å². The van der Waals surface area contributed by atoms with Gasteiger partial charge in [-0.25, -0.2) is 0 Å². The van der Waals surface area contributed by atoms with Crippen LogP contribution in [-0.2, 0) is 9.53 Å². The number of aromatic nitrogens is 2. The van der Waals surface area contributed by atoms with Crippen LogP contribution in [0.15, 0.2) is 27.8 Å². The molecule has 0 bridgehead atoms. The van der Waals surface area contributed by atoms with Crippen molar-refractivity contribution in [3.8, 4) is 23.0 Å². The van der Waals surface area contributed by atoms with Crippen molar-refractivity contribution >= 4 is 17.7 Å². The molecule has 0 fully saturated rings. The van der Waals surface area contributed by atoms with Crippen LogP contribution < -0.4 is 9.47 Å². The van der Waals surface area contributed by atoms with Gasteiger partial charge in [-0.3, -0.25) is 4.79 Å². The molecule has 1 atom stereocenters. The number of benzene rings is 1. The maximum absolute atomic E-state index is 12.1. The van der Waals surface area contributed by atoms with Gasteiger partial charge in [0.15, 0.2) is 0 Å². The van der Waals surface area contributed by atoms with E-state index in [0.29, 0.717) is 34.8 Å². The van der Waals surface area contributed by atoms with E-state index >= 15 is 0 Å². The second kappa shape index (κ2) is 8.75. The monoisotopic (exact) mass is 366 g/mol. The molecule has 0 spiro atoms. The van der Waals surface area contributed by atoms with Crippen molar-refractivity contribution in [1.29, 1.82) is 0 Å². The Kier molecular flexibility index (Phi) is 6.69. The molecule has 0 saturated heterocycles. The molecule has 2 aromatic rings. The topological polar surface area (TPSA) is 83.7 Å². The third-order valence-electron chi connectivity index (χ3n) is 3.36. The summed E-state index contributed by atoms with van der Waals surface area (Å²) in [6.07, 6.45) is 0. The van der Waals surface area contributed by atoms with Gasteiger partial charge in [-0.1, -0.05) is 13.8 Å². The Labute approximate surface area is 151 Å². The highest BCUT2D eigenvalue weighted by Gasteiger charge is 2.27. The first-order valence-corrected chi connectivity index (χ1v) is 8.76. The van der Waals surface area contributed by atoms with Gasteiger partial charge in [0, 0.05) is 11.6 Å². The lowest BCUT2D eigenvalue weighted by Gasteiger charge is -2.16. The first kappa shape index (κ1) is 19.1. The number of carbonyl (C=O) groups is 1. The van der Waals surface area contributed by atoms with E-state index in [9.17, 15) is 4.79 Å². The average Bonchev–Trinajstić information content (AvgIpc) is 3.07. The molecule has 2 rings (SSSR count). The van der Waals surface area contributed by atoms with Crippen LogP contribution in [0.4, 0.5) is 0 Å². The maximum atomic E-state index is 12.1. The fourth-order valence-corrected chi connectivity index (χ4v) is 2.96. The van der Waals surface area contributed by atoms with Crippen LogP contribution in [0.2, 0.25) is 0 Å². The molecule has 0 amide bonds. The van der Waals surface area contributed by atoms with Gasteiger partial charge in [-0.2, -0.15) is 0 Å². The number of ether oxygens (including phenoxy) is 3. The lowest BCUT2D eigenvalue weighted by Crippen LogP contribution is -2.25. The van der Waals surface area contributed by atoms with E-state index in [1.165, 1.54) is 11.8 Å². The number of hydrogen-bond acceptors (Lipinski definition) is 8. The smallest absolute Gasteiger partial charge is 0.319 e. The molecule has 0 radical (unpaired) electrons. The molecule has 25 heavy (non-hydrogen) atoms. The lowest BCUT2D eigenvalue weighted by molar-refractivity contribution is -0.143. The summed E-state index contributed by atoms with van der Waals surface area (Å²) in [6.45, 7) is 6.00. The summed E-state index contributed by atoms with van der Waals surface area (Å²) < 4.78 is 21.3. The number of nitrogens with zero attached hydrogens (tertiary/aromatic N) is 2. The Hall–Kier alpha value is -2.22. The molecule has 8 heteroatoms. The largest absolute Gasteiger partial charge is 0.497 e. The van der Waals surface area contributed by atoms with Crippen LogP contribution in [0.1, 0.15) is 20.8 Å². The molecule has 136 valence electrons. The van der Waals surface area contributed by atoms with Gasteiger partial charge in [-0.15, -0.1) is 10.2 Å². The SMILES string of the molecule is CCOC(=O)C(Sc1nnc(-c2cc(OC)cc(OC)c2)o1)C(C)C. The van der Waals surface area contributed by atoms with Gasteiger partial charge in [-0.05, 0) is 36.7 Å². The second-order valence-corrected chi connectivity index (χ2v) is 6.60. The minimum Gasteiger partial charge on any atom is -0.497 e. The summed E-state index contributed by atoms with van der Waals surface area (Å²) in [6, 6.07) is 5.30. The van der Waals surface area contributed by atoms with Crippen LogP contribution >= 0.6 is 11.8 Å². The molecule has 0 aliphatic heterocycles. The first-order valence-electron chi connectivity index (χ1n) is 7.88. The molecule has 7 nitrogen and oxygen atoms in total. The summed E-state index contributed by atoms with van der Waals surface area (Å²) in [4.78, 5) is 12.1. The van der Waals surface area contributed by atoms with Gasteiger partial charge < -0.3 is 18.6 Å². The van der Waals surface area contributed by atoms with Crippen LogP contribution in [-0.4, -0.2) is 42.2 Å². The lowest BCUT2D eigenvalue weighted by atomic mass is 10.1. The Bertz CT molecular complexity index is 695. The summed E-state index contributed by atoms with van der Waals surface area (Å²) >= 11 is 1.20. The minimum absolute atomic E-state index is 0.0660. The highest BCUT2D eigenvalue weighted by atomic mass is 32.2. The van der Waals surface area contributed by atoms with E-state index in [1.807, 2.05) is 13.8 Å². The van der Waals surface area contributed by atoms with Crippen molar-refractivity contribution in [2.45, 2.75) is 31.2 Å². The zero-order valence-corrected chi connectivity index (χ0v) is 15.8. The second-order valence-electron chi connectivity index (χ2n) is 5.51. The molecule has 1 heterocycles. The van der Waals surface area contributed by atoms with Gasteiger partial charge >= 0.3 is 5.97 Å². The fourth-order valence-electron chi connectivity index (χ4n) is 2.09. The third-order valence-corrected chi connectivity index (χ3v) is 4.71. The molecule has 1 unspecified atom stereocenters. The van der Waals surface area contributed by atoms with E-state index < -0.39 is 5.25 Å². The normalized spacial score (nSPS) is 12.1. The van der Waals surface area contributed by atoms with Crippen molar-refractivity contribution < 1.29 is 23.4 Å². The van der Waals surface area contributed by atoms with Gasteiger partial charge in [0.2, 0.25) is 5.89 Å². The van der Waals surface area contributed by atoms with Crippen LogP contribution in [0.25, 0.3) is 11.5 Å². The molecule has 0 aliphatic rings. The summed E-state index contributed by atoms with van der Waals surface area (Å²) in [7, 11) is 3.14. The van der Waals surface area contributed by atoms with Crippen molar-refractivity contribution in [1.82, 2.24) is 10.2 Å². The van der Waals surface area contributed by atoms with Crippen molar-refractivity contribution in [3.05, 3.63) is 18.2 Å². The summed E-state index contributed by atoms with van der Waals surface area (Å²) in [5, 5.41) is 7.98. The van der Waals surface area contributed by atoms with Gasteiger partial charge in [0.25, 0.3) is 5.22 Å². The quantitative estimate of drug-likeness (QED) is 0.519. The summed E-state index contributed by atoms with van der Waals surface area (Å²) in [5.74, 6) is 1.34. The van der Waals surface area contributed by atoms with Crippen LogP contribution in [0.5, 0.6) is 11.5 Å². The van der Waals surface area contributed by atoms with E-state index in [2.05, 4.69) is 10.2 Å². The molecular formula is C17H22N2O5S. The molecule has 1 aromatic heterocycles. The number of methoxy groups -OCH3 is 2. The van der Waals surface area contributed by atoms with Crippen molar-refractivity contribution in [2.24, 2.45) is 5.92 Å². The highest BCUT2D eigenvalue weighted by molar-refractivity contribution is 8.00. The van der Waals surface area contributed by atoms with Crippen LogP contribution in [0, 0.1) is 5.92 Å². The number of esters is 1. The number of thioether (sulfide) groups is 1. The zero-order chi connectivity index (χ0) is 18.4. The molecule has 0 N–H and O–H groups in total. The van der Waals surface area contributed by atoms with Gasteiger partial charge in [0.05, 0.1) is 20.8 Å². The summed E-state index contributed by atoms with van der Waals surface area (Å²) in [5.41, 5.74) is 0.674. The Morgan fingerprint density at radius 3 is 2.32 bits per heavy atom. The third kappa shape index (κ3) is 4.88. The first-order chi connectivity index (χ1) is 12.0.